The smallest absolute Gasteiger partial charge is 0.267 e. The lowest BCUT2D eigenvalue weighted by Gasteiger charge is -2.30. The summed E-state index contributed by atoms with van der Waals surface area (Å²) < 4.78 is 11.3. The van der Waals surface area contributed by atoms with Crippen LogP contribution in [0.3, 0.4) is 0 Å². The quantitative estimate of drug-likeness (QED) is 0.636. The predicted octanol–water partition coefficient (Wildman–Crippen LogP) is 4.43. The maximum Gasteiger partial charge on any atom is 0.267 e. The molecule has 6 nitrogen and oxygen atoms in total. The molecule has 0 atom stereocenters. The van der Waals surface area contributed by atoms with E-state index in [4.69, 9.17) is 9.47 Å². The highest BCUT2D eigenvalue weighted by Gasteiger charge is 2.19. The number of aromatic nitrogens is 1. The van der Waals surface area contributed by atoms with Crippen LogP contribution in [-0.4, -0.2) is 37.2 Å². The number of thiazole rings is 1. The van der Waals surface area contributed by atoms with Crippen LogP contribution in [0.4, 0.5) is 11.4 Å². The van der Waals surface area contributed by atoms with Gasteiger partial charge in [-0.2, -0.15) is 0 Å². The molecule has 0 radical (unpaired) electrons. The van der Waals surface area contributed by atoms with E-state index in [0.29, 0.717) is 30.4 Å². The molecule has 30 heavy (non-hydrogen) atoms. The Balaban J connectivity index is 1.45. The number of carbonyl (C=O) groups is 1. The highest BCUT2D eigenvalue weighted by atomic mass is 32.1. The standard InChI is InChI=1S/C23H25N3O3S/c1-16-7-9-18(10-8-16)29-15-21-24-17(2)22(30-21)23(27)25-19-5-3-4-6-20(19)26-11-13-28-14-12-26/h3-10H,11-15H2,1-2H3,(H,25,27). The van der Waals surface area contributed by atoms with E-state index in [1.54, 1.807) is 0 Å². The van der Waals surface area contributed by atoms with Gasteiger partial charge in [-0.3, -0.25) is 4.79 Å². The van der Waals surface area contributed by atoms with Crippen LogP contribution in [-0.2, 0) is 11.3 Å². The third kappa shape index (κ3) is 4.80. The maximum absolute atomic E-state index is 13.0. The summed E-state index contributed by atoms with van der Waals surface area (Å²) >= 11 is 1.37. The number of morpholine rings is 1. The molecule has 2 aromatic carbocycles. The van der Waals surface area contributed by atoms with Gasteiger partial charge < -0.3 is 19.7 Å². The first kappa shape index (κ1) is 20.4. The molecule has 0 saturated carbocycles. The largest absolute Gasteiger partial charge is 0.486 e. The zero-order valence-electron chi connectivity index (χ0n) is 17.2. The number of para-hydroxylation sites is 2. The first-order chi connectivity index (χ1) is 14.6. The summed E-state index contributed by atoms with van der Waals surface area (Å²) in [5.41, 5.74) is 3.71. The minimum absolute atomic E-state index is 0.146. The van der Waals surface area contributed by atoms with Crippen molar-refractivity contribution in [3.63, 3.8) is 0 Å². The maximum atomic E-state index is 13.0. The van der Waals surface area contributed by atoms with Crippen LogP contribution in [0.2, 0.25) is 0 Å². The van der Waals surface area contributed by atoms with Crippen LogP contribution in [0, 0.1) is 13.8 Å². The molecule has 0 aliphatic carbocycles. The number of carbonyl (C=O) groups excluding carboxylic acids is 1. The number of anilines is 2. The number of nitrogens with one attached hydrogen (secondary N) is 1. The molecular weight excluding hydrogens is 398 g/mol. The Labute approximate surface area is 180 Å². The number of hydrogen-bond donors (Lipinski definition) is 1. The number of amides is 1. The molecule has 156 valence electrons. The molecule has 1 amide bonds. The van der Waals surface area contributed by atoms with Gasteiger partial charge in [0.25, 0.3) is 5.91 Å². The van der Waals surface area contributed by atoms with Gasteiger partial charge in [0.15, 0.2) is 0 Å². The monoisotopic (exact) mass is 423 g/mol. The lowest BCUT2D eigenvalue weighted by Crippen LogP contribution is -2.36. The molecule has 1 aliphatic rings. The van der Waals surface area contributed by atoms with Gasteiger partial charge in [0, 0.05) is 13.1 Å². The Bertz CT molecular complexity index is 1010. The van der Waals surface area contributed by atoms with Crippen LogP contribution >= 0.6 is 11.3 Å². The highest BCUT2D eigenvalue weighted by molar-refractivity contribution is 7.13. The number of aryl methyl sites for hydroxylation is 2. The van der Waals surface area contributed by atoms with E-state index in [1.165, 1.54) is 16.9 Å². The van der Waals surface area contributed by atoms with Gasteiger partial charge in [0.2, 0.25) is 0 Å². The van der Waals surface area contributed by atoms with Crippen LogP contribution in [0.25, 0.3) is 0 Å². The topological polar surface area (TPSA) is 63.7 Å². The third-order valence-electron chi connectivity index (χ3n) is 4.93. The van der Waals surface area contributed by atoms with Gasteiger partial charge in [-0.05, 0) is 38.1 Å². The van der Waals surface area contributed by atoms with Crippen molar-refractivity contribution >= 4 is 28.6 Å². The minimum Gasteiger partial charge on any atom is -0.486 e. The Kier molecular flexibility index (Phi) is 6.30. The van der Waals surface area contributed by atoms with Gasteiger partial charge in [-0.25, -0.2) is 4.98 Å². The van der Waals surface area contributed by atoms with E-state index < -0.39 is 0 Å². The summed E-state index contributed by atoms with van der Waals surface area (Å²) in [6.07, 6.45) is 0. The first-order valence-corrected chi connectivity index (χ1v) is 10.8. The number of rotatable bonds is 6. The fourth-order valence-electron chi connectivity index (χ4n) is 3.34. The first-order valence-electron chi connectivity index (χ1n) is 9.99. The van der Waals surface area contributed by atoms with Crippen LogP contribution < -0.4 is 15.0 Å². The minimum atomic E-state index is -0.146. The summed E-state index contributed by atoms with van der Waals surface area (Å²) in [5.74, 6) is 0.645. The SMILES string of the molecule is Cc1ccc(OCc2nc(C)c(C(=O)Nc3ccccc3N3CCOCC3)s2)cc1. The van der Waals surface area contributed by atoms with Gasteiger partial charge in [0.05, 0.1) is 30.3 Å². The fourth-order valence-corrected chi connectivity index (χ4v) is 4.22. The molecule has 0 spiro atoms. The van der Waals surface area contributed by atoms with Gasteiger partial charge >= 0.3 is 0 Å². The summed E-state index contributed by atoms with van der Waals surface area (Å²) in [5, 5.41) is 3.84. The average Bonchev–Trinajstić information content (AvgIpc) is 3.15. The summed E-state index contributed by atoms with van der Waals surface area (Å²) in [4.78, 5) is 20.3. The van der Waals surface area contributed by atoms with E-state index in [0.717, 1.165) is 35.2 Å². The van der Waals surface area contributed by atoms with Crippen LogP contribution in [0.1, 0.15) is 25.9 Å². The summed E-state index contributed by atoms with van der Waals surface area (Å²) in [7, 11) is 0. The van der Waals surface area contributed by atoms with Gasteiger partial charge in [-0.15, -0.1) is 11.3 Å². The molecule has 2 heterocycles. The van der Waals surface area contributed by atoms with Gasteiger partial charge in [-0.1, -0.05) is 29.8 Å². The molecule has 0 unspecified atom stereocenters. The highest BCUT2D eigenvalue weighted by Crippen LogP contribution is 2.28. The van der Waals surface area contributed by atoms with Crippen LogP contribution in [0.5, 0.6) is 5.75 Å². The lowest BCUT2D eigenvalue weighted by molar-refractivity contribution is 0.103. The van der Waals surface area contributed by atoms with Crippen molar-refractivity contribution in [2.75, 3.05) is 36.5 Å². The zero-order valence-corrected chi connectivity index (χ0v) is 18.0. The molecule has 1 aliphatic heterocycles. The molecule has 1 saturated heterocycles. The lowest BCUT2D eigenvalue weighted by atomic mass is 10.2. The number of benzene rings is 2. The molecular formula is C23H25N3O3S. The van der Waals surface area contributed by atoms with Crippen molar-refractivity contribution in [3.05, 3.63) is 69.7 Å². The molecule has 1 aromatic heterocycles. The van der Waals surface area contributed by atoms with Crippen molar-refractivity contribution in [3.8, 4) is 5.75 Å². The average molecular weight is 424 g/mol. The Morgan fingerprint density at radius 1 is 1.13 bits per heavy atom. The van der Waals surface area contributed by atoms with Gasteiger partial charge in [0.1, 0.15) is 22.2 Å². The molecule has 1 fully saturated rings. The second-order valence-electron chi connectivity index (χ2n) is 7.19. The Morgan fingerprint density at radius 3 is 2.63 bits per heavy atom. The summed E-state index contributed by atoms with van der Waals surface area (Å²) in [6, 6.07) is 15.8. The normalized spacial score (nSPS) is 13.9. The zero-order chi connectivity index (χ0) is 20.9. The Hall–Kier alpha value is -2.90. The molecule has 3 aromatic rings. The van der Waals surface area contributed by atoms with Crippen molar-refractivity contribution < 1.29 is 14.3 Å². The molecule has 4 rings (SSSR count). The van der Waals surface area contributed by atoms with E-state index >= 15 is 0 Å². The molecule has 1 N–H and O–H groups in total. The second-order valence-corrected chi connectivity index (χ2v) is 8.28. The van der Waals surface area contributed by atoms with Crippen molar-refractivity contribution in [2.45, 2.75) is 20.5 Å². The third-order valence-corrected chi connectivity index (χ3v) is 6.06. The number of ether oxygens (including phenoxy) is 2. The van der Waals surface area contributed by atoms with Crippen molar-refractivity contribution in [2.24, 2.45) is 0 Å². The number of hydrogen-bond acceptors (Lipinski definition) is 6. The second kappa shape index (κ2) is 9.28. The summed E-state index contributed by atoms with van der Waals surface area (Å²) in [6.45, 7) is 7.25. The Morgan fingerprint density at radius 2 is 1.87 bits per heavy atom. The molecule has 7 heteroatoms. The van der Waals surface area contributed by atoms with Crippen LogP contribution in [0.15, 0.2) is 48.5 Å². The predicted molar refractivity (Wildman–Crippen MR) is 120 cm³/mol. The fraction of sp³-hybridized carbons (Fsp3) is 0.304. The number of nitrogens with zero attached hydrogens (tertiary/aromatic N) is 2. The van der Waals surface area contributed by atoms with E-state index in [2.05, 4.69) is 15.2 Å². The molecule has 0 bridgehead atoms. The van der Waals surface area contributed by atoms with Crippen molar-refractivity contribution in [1.29, 1.82) is 0 Å². The van der Waals surface area contributed by atoms with E-state index in [1.807, 2.05) is 62.4 Å². The van der Waals surface area contributed by atoms with E-state index in [-0.39, 0.29) is 5.91 Å². The van der Waals surface area contributed by atoms with Crippen molar-refractivity contribution in [1.82, 2.24) is 4.98 Å². The van der Waals surface area contributed by atoms with E-state index in [9.17, 15) is 4.79 Å².